The fourth-order valence-corrected chi connectivity index (χ4v) is 1.94. The van der Waals surface area contributed by atoms with Crippen LogP contribution in [0.2, 0.25) is 0 Å². The molecular weight excluding hydrogens is 252 g/mol. The van der Waals surface area contributed by atoms with Crippen molar-refractivity contribution in [3.63, 3.8) is 0 Å². The van der Waals surface area contributed by atoms with Crippen molar-refractivity contribution in [2.75, 3.05) is 11.1 Å². The molecule has 4 nitrogen and oxygen atoms in total. The topological polar surface area (TPSA) is 72.2 Å². The Morgan fingerprint density at radius 3 is 2.30 bits per heavy atom. The number of rotatable bonds is 3. The van der Waals surface area contributed by atoms with E-state index in [1.807, 2.05) is 19.1 Å². The highest BCUT2D eigenvalue weighted by molar-refractivity contribution is 6.12. The van der Waals surface area contributed by atoms with Crippen LogP contribution in [0, 0.1) is 6.92 Å². The molecule has 0 radical (unpaired) electrons. The lowest BCUT2D eigenvalue weighted by Crippen LogP contribution is -2.08. The van der Waals surface area contributed by atoms with E-state index in [1.54, 1.807) is 30.3 Å². The van der Waals surface area contributed by atoms with Crippen molar-refractivity contribution in [2.24, 2.45) is 0 Å². The van der Waals surface area contributed by atoms with Gasteiger partial charge in [0.05, 0.1) is 0 Å². The van der Waals surface area contributed by atoms with Crippen LogP contribution in [0.5, 0.6) is 0 Å². The summed E-state index contributed by atoms with van der Waals surface area (Å²) in [6, 6.07) is 12.1. The Morgan fingerprint density at radius 2 is 1.70 bits per heavy atom. The lowest BCUT2D eigenvalue weighted by molar-refractivity contribution is -0.114. The monoisotopic (exact) mass is 268 g/mol. The molecule has 0 aliphatic heterocycles. The maximum Gasteiger partial charge on any atom is 0.221 e. The SMILES string of the molecule is CC(=O)Nc1ccc(C(=O)c2cccc(C)c2N)cc1. The Bertz CT molecular complexity index is 661. The van der Waals surface area contributed by atoms with Crippen molar-refractivity contribution in [2.45, 2.75) is 13.8 Å². The fourth-order valence-electron chi connectivity index (χ4n) is 1.94. The summed E-state index contributed by atoms with van der Waals surface area (Å²) >= 11 is 0. The van der Waals surface area contributed by atoms with Crippen LogP contribution < -0.4 is 11.1 Å². The molecule has 0 saturated heterocycles. The van der Waals surface area contributed by atoms with Crippen molar-refractivity contribution in [1.82, 2.24) is 0 Å². The maximum atomic E-state index is 12.4. The van der Waals surface area contributed by atoms with E-state index in [1.165, 1.54) is 6.92 Å². The molecule has 2 aromatic carbocycles. The zero-order valence-electron chi connectivity index (χ0n) is 11.4. The van der Waals surface area contributed by atoms with Crippen molar-refractivity contribution in [3.05, 3.63) is 59.2 Å². The predicted molar refractivity (Wildman–Crippen MR) is 79.8 cm³/mol. The third kappa shape index (κ3) is 2.85. The number of hydrogen-bond acceptors (Lipinski definition) is 3. The zero-order chi connectivity index (χ0) is 14.7. The van der Waals surface area contributed by atoms with Crippen LogP contribution >= 0.6 is 0 Å². The van der Waals surface area contributed by atoms with E-state index >= 15 is 0 Å². The van der Waals surface area contributed by atoms with E-state index < -0.39 is 0 Å². The van der Waals surface area contributed by atoms with E-state index in [2.05, 4.69) is 5.32 Å². The number of anilines is 2. The average molecular weight is 268 g/mol. The molecule has 2 rings (SSSR count). The molecule has 0 heterocycles. The van der Waals surface area contributed by atoms with Gasteiger partial charge in [0.2, 0.25) is 5.91 Å². The Kier molecular flexibility index (Phi) is 3.84. The van der Waals surface area contributed by atoms with Crippen LogP contribution in [0.15, 0.2) is 42.5 Å². The first-order valence-corrected chi connectivity index (χ1v) is 6.26. The van der Waals surface area contributed by atoms with Gasteiger partial charge in [-0.1, -0.05) is 12.1 Å². The molecule has 0 fully saturated rings. The molecule has 2 aromatic rings. The van der Waals surface area contributed by atoms with Gasteiger partial charge in [-0.3, -0.25) is 9.59 Å². The number of carbonyl (C=O) groups excluding carboxylic acids is 2. The second-order valence-electron chi connectivity index (χ2n) is 4.62. The standard InChI is InChI=1S/C16H16N2O2/c1-10-4-3-5-14(15(10)17)16(20)12-6-8-13(9-7-12)18-11(2)19/h3-9H,17H2,1-2H3,(H,18,19). The van der Waals surface area contributed by atoms with E-state index in [4.69, 9.17) is 5.73 Å². The summed E-state index contributed by atoms with van der Waals surface area (Å²) in [6.45, 7) is 3.30. The fraction of sp³-hybridized carbons (Fsp3) is 0.125. The van der Waals surface area contributed by atoms with Gasteiger partial charge >= 0.3 is 0 Å². The quantitative estimate of drug-likeness (QED) is 0.664. The minimum Gasteiger partial charge on any atom is -0.398 e. The van der Waals surface area contributed by atoms with Crippen LogP contribution in [0.4, 0.5) is 11.4 Å². The number of benzene rings is 2. The molecule has 0 spiro atoms. The lowest BCUT2D eigenvalue weighted by Gasteiger charge is -2.08. The lowest BCUT2D eigenvalue weighted by atomic mass is 9.99. The Labute approximate surface area is 117 Å². The molecule has 4 heteroatoms. The highest BCUT2D eigenvalue weighted by atomic mass is 16.1. The van der Waals surface area contributed by atoms with Crippen LogP contribution in [0.3, 0.4) is 0 Å². The summed E-state index contributed by atoms with van der Waals surface area (Å²) in [4.78, 5) is 23.3. The van der Waals surface area contributed by atoms with E-state index in [9.17, 15) is 9.59 Å². The molecule has 0 atom stereocenters. The number of nitrogen functional groups attached to an aromatic ring is 1. The van der Waals surface area contributed by atoms with Crippen LogP contribution in [-0.2, 0) is 4.79 Å². The summed E-state index contributed by atoms with van der Waals surface area (Å²) < 4.78 is 0. The van der Waals surface area contributed by atoms with Gasteiger partial charge < -0.3 is 11.1 Å². The summed E-state index contributed by atoms with van der Waals surface area (Å²) in [6.07, 6.45) is 0. The Hall–Kier alpha value is -2.62. The number of nitrogens with two attached hydrogens (primary N) is 1. The third-order valence-electron chi connectivity index (χ3n) is 3.04. The van der Waals surface area contributed by atoms with Gasteiger partial charge in [0.1, 0.15) is 0 Å². The Balaban J connectivity index is 2.29. The molecule has 20 heavy (non-hydrogen) atoms. The van der Waals surface area contributed by atoms with E-state index in [-0.39, 0.29) is 11.7 Å². The van der Waals surface area contributed by atoms with Crippen molar-refractivity contribution in [1.29, 1.82) is 0 Å². The van der Waals surface area contributed by atoms with Gasteiger partial charge in [-0.15, -0.1) is 0 Å². The molecule has 1 amide bonds. The molecule has 0 saturated carbocycles. The normalized spacial score (nSPS) is 10.1. The van der Waals surface area contributed by atoms with Crippen molar-refractivity contribution >= 4 is 23.1 Å². The molecule has 0 aromatic heterocycles. The zero-order valence-corrected chi connectivity index (χ0v) is 11.4. The number of nitrogens with one attached hydrogen (secondary N) is 1. The van der Waals surface area contributed by atoms with Gasteiger partial charge in [-0.25, -0.2) is 0 Å². The molecule has 0 unspecified atom stereocenters. The number of carbonyl (C=O) groups is 2. The number of para-hydroxylation sites is 1. The first-order chi connectivity index (χ1) is 9.49. The first kappa shape index (κ1) is 13.8. The van der Waals surface area contributed by atoms with Gasteiger partial charge in [0, 0.05) is 29.4 Å². The molecule has 0 aliphatic rings. The minimum atomic E-state index is -0.146. The van der Waals surface area contributed by atoms with Crippen LogP contribution in [0.1, 0.15) is 28.4 Å². The highest BCUT2D eigenvalue weighted by Crippen LogP contribution is 2.21. The van der Waals surface area contributed by atoms with E-state index in [0.29, 0.717) is 22.5 Å². The van der Waals surface area contributed by atoms with Crippen molar-refractivity contribution < 1.29 is 9.59 Å². The smallest absolute Gasteiger partial charge is 0.221 e. The van der Waals surface area contributed by atoms with Crippen LogP contribution in [-0.4, -0.2) is 11.7 Å². The van der Waals surface area contributed by atoms with Gasteiger partial charge in [0.25, 0.3) is 0 Å². The molecule has 3 N–H and O–H groups in total. The average Bonchev–Trinajstić information content (AvgIpc) is 2.41. The molecule has 102 valence electrons. The number of amides is 1. The molecule has 0 aliphatic carbocycles. The summed E-state index contributed by atoms with van der Waals surface area (Å²) in [7, 11) is 0. The molecule has 0 bridgehead atoms. The first-order valence-electron chi connectivity index (χ1n) is 6.26. The summed E-state index contributed by atoms with van der Waals surface area (Å²) in [5, 5.41) is 2.66. The van der Waals surface area contributed by atoms with Crippen molar-refractivity contribution in [3.8, 4) is 0 Å². The highest BCUT2D eigenvalue weighted by Gasteiger charge is 2.13. The van der Waals surface area contributed by atoms with E-state index in [0.717, 1.165) is 5.56 Å². The van der Waals surface area contributed by atoms with Gasteiger partial charge in [0.15, 0.2) is 5.78 Å². The number of hydrogen-bond donors (Lipinski definition) is 2. The molecular formula is C16H16N2O2. The summed E-state index contributed by atoms with van der Waals surface area (Å²) in [5.74, 6) is -0.271. The number of ketones is 1. The second-order valence-corrected chi connectivity index (χ2v) is 4.62. The second kappa shape index (κ2) is 5.57. The Morgan fingerprint density at radius 1 is 1.05 bits per heavy atom. The minimum absolute atomic E-state index is 0.124. The number of aryl methyl sites for hydroxylation is 1. The van der Waals surface area contributed by atoms with Gasteiger partial charge in [-0.05, 0) is 42.8 Å². The van der Waals surface area contributed by atoms with Crippen LogP contribution in [0.25, 0.3) is 0 Å². The van der Waals surface area contributed by atoms with Gasteiger partial charge in [-0.2, -0.15) is 0 Å². The third-order valence-corrected chi connectivity index (χ3v) is 3.04. The maximum absolute atomic E-state index is 12.4. The predicted octanol–water partition coefficient (Wildman–Crippen LogP) is 2.77. The largest absolute Gasteiger partial charge is 0.398 e. The summed E-state index contributed by atoms with van der Waals surface area (Å²) in [5.41, 5.74) is 9.02.